The molecule has 2 aromatic rings. The van der Waals surface area contributed by atoms with Crippen molar-refractivity contribution in [1.82, 2.24) is 8.75 Å². The van der Waals surface area contributed by atoms with E-state index in [-0.39, 0.29) is 0 Å². The molecular weight excluding hydrogens is 252 g/mol. The smallest absolute Gasteiger partial charge is 0.108 e. The number of benzene rings is 1. The van der Waals surface area contributed by atoms with Gasteiger partial charge in [0, 0.05) is 0 Å². The number of aromatic nitrogens is 2. The molecule has 2 rings (SSSR count). The average molecular weight is 276 g/mol. The number of unbranched alkanes of at least 4 members (excludes halogenated alkanes) is 4. The quantitative estimate of drug-likeness (QED) is 0.623. The van der Waals surface area contributed by atoms with Crippen LogP contribution in [0.25, 0.3) is 11.0 Å². The van der Waals surface area contributed by atoms with Gasteiger partial charge < -0.3 is 0 Å². The third-order valence-corrected chi connectivity index (χ3v) is 4.21. The van der Waals surface area contributed by atoms with Gasteiger partial charge in [-0.25, -0.2) is 0 Å². The van der Waals surface area contributed by atoms with E-state index in [0.29, 0.717) is 0 Å². The van der Waals surface area contributed by atoms with Gasteiger partial charge in [-0.1, -0.05) is 51.7 Å². The van der Waals surface area contributed by atoms with Crippen LogP contribution in [0.4, 0.5) is 0 Å². The maximum Gasteiger partial charge on any atom is 0.108 e. The standard InChI is InChI=1S/C16H24N2S/c1-3-5-7-9-13-11-12-14(10-8-6-4-2)16-15(13)17-19-18-16/h11-12H,3-10H2,1-2H3. The minimum absolute atomic E-state index is 1.14. The zero-order chi connectivity index (χ0) is 13.5. The van der Waals surface area contributed by atoms with E-state index in [2.05, 4.69) is 34.7 Å². The fourth-order valence-electron chi connectivity index (χ4n) is 2.50. The lowest BCUT2D eigenvalue weighted by atomic mass is 10.00. The van der Waals surface area contributed by atoms with Crippen LogP contribution in [0, 0.1) is 0 Å². The lowest BCUT2D eigenvalue weighted by Crippen LogP contribution is -1.93. The first-order valence-corrected chi connectivity index (χ1v) is 8.32. The largest absolute Gasteiger partial charge is 0.173 e. The van der Waals surface area contributed by atoms with Crippen molar-refractivity contribution in [2.75, 3.05) is 0 Å². The first kappa shape index (κ1) is 14.4. The molecule has 0 saturated carbocycles. The second-order valence-corrected chi connectivity index (χ2v) is 5.79. The number of hydrogen-bond acceptors (Lipinski definition) is 3. The van der Waals surface area contributed by atoms with E-state index in [4.69, 9.17) is 0 Å². The molecular formula is C16H24N2S. The van der Waals surface area contributed by atoms with Crippen molar-refractivity contribution in [2.24, 2.45) is 0 Å². The lowest BCUT2D eigenvalue weighted by Gasteiger charge is -2.06. The summed E-state index contributed by atoms with van der Waals surface area (Å²) in [4.78, 5) is 0. The molecule has 1 aromatic heterocycles. The predicted molar refractivity (Wildman–Crippen MR) is 83.9 cm³/mol. The van der Waals surface area contributed by atoms with Crippen LogP contribution in [0.3, 0.4) is 0 Å². The highest BCUT2D eigenvalue weighted by atomic mass is 32.1. The zero-order valence-electron chi connectivity index (χ0n) is 12.1. The topological polar surface area (TPSA) is 25.8 Å². The van der Waals surface area contributed by atoms with Crippen molar-refractivity contribution < 1.29 is 0 Å². The Balaban J connectivity index is 2.13. The number of rotatable bonds is 8. The van der Waals surface area contributed by atoms with Crippen molar-refractivity contribution in [2.45, 2.75) is 65.2 Å². The van der Waals surface area contributed by atoms with Gasteiger partial charge in [0.25, 0.3) is 0 Å². The molecule has 0 spiro atoms. The molecule has 104 valence electrons. The molecule has 0 saturated heterocycles. The van der Waals surface area contributed by atoms with Crippen LogP contribution in [0.15, 0.2) is 12.1 Å². The third-order valence-electron chi connectivity index (χ3n) is 3.68. The van der Waals surface area contributed by atoms with Crippen LogP contribution in [0.5, 0.6) is 0 Å². The third kappa shape index (κ3) is 3.75. The molecule has 0 atom stereocenters. The summed E-state index contributed by atoms with van der Waals surface area (Å²) in [6.07, 6.45) is 9.96. The van der Waals surface area contributed by atoms with E-state index in [1.54, 1.807) is 0 Å². The fourth-order valence-corrected chi connectivity index (χ4v) is 3.11. The molecule has 0 aliphatic carbocycles. The van der Waals surface area contributed by atoms with Gasteiger partial charge in [0.15, 0.2) is 0 Å². The Morgan fingerprint density at radius 2 is 1.26 bits per heavy atom. The van der Waals surface area contributed by atoms with Crippen LogP contribution in [0.2, 0.25) is 0 Å². The Hall–Kier alpha value is -0.960. The highest BCUT2D eigenvalue weighted by molar-refractivity contribution is 7.00. The van der Waals surface area contributed by atoms with Gasteiger partial charge in [-0.3, -0.25) is 0 Å². The van der Waals surface area contributed by atoms with Crippen molar-refractivity contribution in [3.8, 4) is 0 Å². The van der Waals surface area contributed by atoms with Gasteiger partial charge in [0.05, 0.1) is 11.7 Å². The Morgan fingerprint density at radius 3 is 1.68 bits per heavy atom. The predicted octanol–water partition coefficient (Wildman–Crippen LogP) is 5.16. The maximum absolute atomic E-state index is 4.52. The highest BCUT2D eigenvalue weighted by Gasteiger charge is 2.09. The van der Waals surface area contributed by atoms with Gasteiger partial charge in [-0.2, -0.15) is 8.75 Å². The number of fused-ring (bicyclic) bond motifs is 1. The van der Waals surface area contributed by atoms with Gasteiger partial charge in [-0.15, -0.1) is 0 Å². The molecule has 0 aliphatic rings. The minimum Gasteiger partial charge on any atom is -0.173 e. The van der Waals surface area contributed by atoms with Gasteiger partial charge in [-0.05, 0) is 36.8 Å². The summed E-state index contributed by atoms with van der Waals surface area (Å²) in [5.41, 5.74) is 5.10. The monoisotopic (exact) mass is 276 g/mol. The summed E-state index contributed by atoms with van der Waals surface area (Å²) in [6, 6.07) is 4.56. The first-order chi connectivity index (χ1) is 9.36. The minimum atomic E-state index is 1.14. The molecule has 2 nitrogen and oxygen atoms in total. The zero-order valence-corrected chi connectivity index (χ0v) is 12.9. The summed E-state index contributed by atoms with van der Waals surface area (Å²) in [5, 5.41) is 0. The number of aryl methyl sites for hydroxylation is 2. The first-order valence-electron chi connectivity index (χ1n) is 7.59. The summed E-state index contributed by atoms with van der Waals surface area (Å²) < 4.78 is 9.03. The van der Waals surface area contributed by atoms with Crippen LogP contribution in [-0.4, -0.2) is 8.75 Å². The van der Waals surface area contributed by atoms with E-state index < -0.39 is 0 Å². The molecule has 1 heterocycles. The van der Waals surface area contributed by atoms with E-state index >= 15 is 0 Å². The molecule has 0 unspecified atom stereocenters. The normalized spacial score (nSPS) is 11.3. The van der Waals surface area contributed by atoms with E-state index in [1.807, 2.05) is 0 Å². The lowest BCUT2D eigenvalue weighted by molar-refractivity contribution is 0.715. The Labute approximate surface area is 120 Å². The molecule has 1 aromatic carbocycles. The van der Waals surface area contributed by atoms with Crippen molar-refractivity contribution >= 4 is 22.8 Å². The van der Waals surface area contributed by atoms with E-state index in [1.165, 1.54) is 61.4 Å². The van der Waals surface area contributed by atoms with Crippen LogP contribution < -0.4 is 0 Å². The molecule has 0 radical (unpaired) electrons. The second-order valence-electron chi connectivity index (χ2n) is 5.26. The van der Waals surface area contributed by atoms with E-state index in [0.717, 1.165) is 23.9 Å². The second kappa shape index (κ2) is 7.59. The Morgan fingerprint density at radius 1 is 0.789 bits per heavy atom. The van der Waals surface area contributed by atoms with Crippen molar-refractivity contribution in [1.29, 1.82) is 0 Å². The van der Waals surface area contributed by atoms with Gasteiger partial charge >= 0.3 is 0 Å². The molecule has 3 heteroatoms. The fraction of sp³-hybridized carbons (Fsp3) is 0.625. The van der Waals surface area contributed by atoms with Crippen molar-refractivity contribution in [3.63, 3.8) is 0 Å². The molecule has 0 bridgehead atoms. The molecule has 0 fully saturated rings. The molecule has 19 heavy (non-hydrogen) atoms. The highest BCUT2D eigenvalue weighted by Crippen LogP contribution is 2.24. The SMILES string of the molecule is CCCCCc1ccc(CCCCC)c2nsnc12. The molecule has 0 N–H and O–H groups in total. The van der Waals surface area contributed by atoms with Crippen LogP contribution in [0.1, 0.15) is 63.5 Å². The average Bonchev–Trinajstić information content (AvgIpc) is 2.91. The molecule has 0 amide bonds. The maximum atomic E-state index is 4.52. The summed E-state index contributed by atoms with van der Waals surface area (Å²) in [6.45, 7) is 4.49. The van der Waals surface area contributed by atoms with Gasteiger partial charge in [0.1, 0.15) is 11.0 Å². The molecule has 0 aliphatic heterocycles. The number of nitrogens with zero attached hydrogens (tertiary/aromatic N) is 2. The van der Waals surface area contributed by atoms with Gasteiger partial charge in [0.2, 0.25) is 0 Å². The summed E-state index contributed by atoms with van der Waals surface area (Å²) in [7, 11) is 0. The van der Waals surface area contributed by atoms with Crippen molar-refractivity contribution in [3.05, 3.63) is 23.3 Å². The Kier molecular flexibility index (Phi) is 5.77. The summed E-state index contributed by atoms with van der Waals surface area (Å²) >= 11 is 1.36. The van der Waals surface area contributed by atoms with Crippen LogP contribution in [-0.2, 0) is 12.8 Å². The van der Waals surface area contributed by atoms with E-state index in [9.17, 15) is 0 Å². The van der Waals surface area contributed by atoms with Crippen LogP contribution >= 0.6 is 11.7 Å². The number of hydrogen-bond donors (Lipinski definition) is 0. The summed E-state index contributed by atoms with van der Waals surface area (Å²) in [5.74, 6) is 0. The Bertz CT molecular complexity index is 460.